The van der Waals surface area contributed by atoms with E-state index in [1.807, 2.05) is 0 Å². The van der Waals surface area contributed by atoms with E-state index >= 15 is 0 Å². The fourth-order valence-electron chi connectivity index (χ4n) is 2.62. The zero-order valence-corrected chi connectivity index (χ0v) is 15.0. The molecule has 9 heteroatoms. The molecule has 8 nitrogen and oxygen atoms in total. The fourth-order valence-corrected chi connectivity index (χ4v) is 4.19. The normalized spacial score (nSPS) is 15.4. The molecule has 0 bridgehead atoms. The highest BCUT2D eigenvalue weighted by atomic mass is 32.2. The lowest BCUT2D eigenvalue weighted by molar-refractivity contribution is -0.137. The zero-order chi connectivity index (χ0) is 18.4. The van der Waals surface area contributed by atoms with Crippen LogP contribution in [0.3, 0.4) is 0 Å². The third-order valence-corrected chi connectivity index (χ3v) is 5.84. The summed E-state index contributed by atoms with van der Waals surface area (Å²) in [4.78, 5) is 24.3. The Morgan fingerprint density at radius 3 is 2.60 bits per heavy atom. The first-order valence-electron chi connectivity index (χ1n) is 8.09. The number of carbonyl (C=O) groups is 2. The van der Waals surface area contributed by atoms with Crippen molar-refractivity contribution in [2.45, 2.75) is 24.2 Å². The third kappa shape index (κ3) is 5.52. The van der Waals surface area contributed by atoms with E-state index in [1.54, 1.807) is 24.1 Å². The van der Waals surface area contributed by atoms with Gasteiger partial charge in [-0.15, -0.1) is 0 Å². The summed E-state index contributed by atoms with van der Waals surface area (Å²) in [5.41, 5.74) is 0.400. The molecule has 0 atom stereocenters. The lowest BCUT2D eigenvalue weighted by atomic mass is 10.3. The van der Waals surface area contributed by atoms with Crippen LogP contribution in [-0.2, 0) is 19.6 Å². The predicted octanol–water partition coefficient (Wildman–Crippen LogP) is 0.816. The van der Waals surface area contributed by atoms with Gasteiger partial charge < -0.3 is 10.4 Å². The second-order valence-corrected chi connectivity index (χ2v) is 8.01. The van der Waals surface area contributed by atoms with Gasteiger partial charge in [-0.25, -0.2) is 8.42 Å². The maximum Gasteiger partial charge on any atom is 0.304 e. The van der Waals surface area contributed by atoms with Crippen molar-refractivity contribution in [3.05, 3.63) is 24.3 Å². The minimum Gasteiger partial charge on any atom is -0.481 e. The molecular weight excluding hydrogens is 346 g/mol. The summed E-state index contributed by atoms with van der Waals surface area (Å²) < 4.78 is 26.5. The molecule has 1 heterocycles. The second kappa shape index (κ2) is 8.41. The van der Waals surface area contributed by atoms with E-state index in [1.165, 1.54) is 16.4 Å². The van der Waals surface area contributed by atoms with E-state index in [0.29, 0.717) is 18.8 Å². The first kappa shape index (κ1) is 19.4. The predicted molar refractivity (Wildman–Crippen MR) is 92.8 cm³/mol. The third-order valence-electron chi connectivity index (χ3n) is 3.94. The number of nitrogens with one attached hydrogen (secondary N) is 1. The van der Waals surface area contributed by atoms with Crippen molar-refractivity contribution < 1.29 is 23.1 Å². The van der Waals surface area contributed by atoms with Gasteiger partial charge in [0.25, 0.3) is 0 Å². The van der Waals surface area contributed by atoms with Crippen LogP contribution >= 0.6 is 0 Å². The summed E-state index contributed by atoms with van der Waals surface area (Å²) in [6.45, 7) is 1.32. The molecule has 0 radical (unpaired) electrons. The van der Waals surface area contributed by atoms with E-state index in [9.17, 15) is 18.0 Å². The minimum atomic E-state index is -3.53. The molecule has 0 aromatic heterocycles. The molecule has 0 unspecified atom stereocenters. The van der Waals surface area contributed by atoms with Gasteiger partial charge in [-0.1, -0.05) is 6.07 Å². The topological polar surface area (TPSA) is 107 Å². The van der Waals surface area contributed by atoms with Crippen LogP contribution in [0, 0.1) is 0 Å². The Morgan fingerprint density at radius 2 is 1.96 bits per heavy atom. The van der Waals surface area contributed by atoms with Gasteiger partial charge in [0.2, 0.25) is 15.9 Å². The Labute approximate surface area is 147 Å². The first-order chi connectivity index (χ1) is 11.8. The van der Waals surface area contributed by atoms with Gasteiger partial charge in [0.05, 0.1) is 17.9 Å². The number of carboxylic acid groups (broad SMARTS) is 1. The van der Waals surface area contributed by atoms with Crippen molar-refractivity contribution in [2.75, 3.05) is 38.5 Å². The monoisotopic (exact) mass is 369 g/mol. The number of carbonyl (C=O) groups excluding carboxylic acids is 1. The van der Waals surface area contributed by atoms with Crippen molar-refractivity contribution in [3.63, 3.8) is 0 Å². The SMILES string of the molecule is CN(CCC(=O)O)CC(=O)Nc1cccc(S(=O)(=O)N2CCCC2)c1. The van der Waals surface area contributed by atoms with Crippen LogP contribution in [0.4, 0.5) is 5.69 Å². The summed E-state index contributed by atoms with van der Waals surface area (Å²) in [5.74, 6) is -1.25. The zero-order valence-electron chi connectivity index (χ0n) is 14.1. The van der Waals surface area contributed by atoms with Gasteiger partial charge in [0.1, 0.15) is 0 Å². The minimum absolute atomic E-state index is 0.0242. The number of hydrogen-bond donors (Lipinski definition) is 2. The van der Waals surface area contributed by atoms with Gasteiger partial charge in [0, 0.05) is 25.3 Å². The molecule has 1 fully saturated rings. The van der Waals surface area contributed by atoms with Crippen LogP contribution in [0.25, 0.3) is 0 Å². The van der Waals surface area contributed by atoms with Gasteiger partial charge in [-0.2, -0.15) is 4.31 Å². The molecule has 1 aliphatic heterocycles. The van der Waals surface area contributed by atoms with Gasteiger partial charge in [0.15, 0.2) is 0 Å². The summed E-state index contributed by atoms with van der Waals surface area (Å²) >= 11 is 0. The standard InChI is InChI=1S/C16H23N3O5S/c1-18(10-7-16(21)22)12-15(20)17-13-5-4-6-14(11-13)25(23,24)19-8-2-3-9-19/h4-6,11H,2-3,7-10,12H2,1H3,(H,17,20)(H,21,22). The fraction of sp³-hybridized carbons (Fsp3) is 0.500. The summed E-state index contributed by atoms with van der Waals surface area (Å²) in [5, 5.41) is 11.3. The molecule has 0 spiro atoms. The number of benzene rings is 1. The summed E-state index contributed by atoms with van der Waals surface area (Å²) in [6.07, 6.45) is 1.67. The molecule has 1 saturated heterocycles. The van der Waals surface area contributed by atoms with Gasteiger partial charge in [-0.3, -0.25) is 14.5 Å². The Balaban J connectivity index is 1.99. The average Bonchev–Trinajstić information content (AvgIpc) is 3.08. The molecule has 0 aliphatic carbocycles. The maximum atomic E-state index is 12.5. The molecule has 1 amide bonds. The van der Waals surface area contributed by atoms with Crippen LogP contribution < -0.4 is 5.32 Å². The van der Waals surface area contributed by atoms with Crippen LogP contribution in [0.1, 0.15) is 19.3 Å². The molecule has 1 aromatic carbocycles. The highest BCUT2D eigenvalue weighted by Gasteiger charge is 2.27. The van der Waals surface area contributed by atoms with Gasteiger partial charge >= 0.3 is 5.97 Å². The lowest BCUT2D eigenvalue weighted by Gasteiger charge is -2.17. The Morgan fingerprint density at radius 1 is 1.28 bits per heavy atom. The largest absolute Gasteiger partial charge is 0.481 e. The summed E-state index contributed by atoms with van der Waals surface area (Å²) in [7, 11) is -1.88. The second-order valence-electron chi connectivity index (χ2n) is 6.07. The van der Waals surface area contributed by atoms with E-state index < -0.39 is 16.0 Å². The molecule has 2 rings (SSSR count). The van der Waals surface area contributed by atoms with E-state index in [4.69, 9.17) is 5.11 Å². The number of hydrogen-bond acceptors (Lipinski definition) is 5. The van der Waals surface area contributed by atoms with Crippen LogP contribution in [-0.4, -0.2) is 67.8 Å². The van der Waals surface area contributed by atoms with E-state index in [-0.39, 0.29) is 30.3 Å². The smallest absolute Gasteiger partial charge is 0.304 e. The van der Waals surface area contributed by atoms with Crippen LogP contribution in [0.5, 0.6) is 0 Å². The molecule has 138 valence electrons. The molecule has 2 N–H and O–H groups in total. The Kier molecular flexibility index (Phi) is 6.51. The quantitative estimate of drug-likeness (QED) is 0.702. The van der Waals surface area contributed by atoms with Crippen molar-refractivity contribution in [1.29, 1.82) is 0 Å². The molecule has 25 heavy (non-hydrogen) atoms. The van der Waals surface area contributed by atoms with Crippen molar-refractivity contribution in [2.24, 2.45) is 0 Å². The number of nitrogens with zero attached hydrogens (tertiary/aromatic N) is 2. The summed E-state index contributed by atoms with van der Waals surface area (Å²) in [6, 6.07) is 6.18. The van der Waals surface area contributed by atoms with Crippen LogP contribution in [0.2, 0.25) is 0 Å². The van der Waals surface area contributed by atoms with Crippen LogP contribution in [0.15, 0.2) is 29.2 Å². The maximum absolute atomic E-state index is 12.5. The van der Waals surface area contributed by atoms with E-state index in [2.05, 4.69) is 5.32 Å². The van der Waals surface area contributed by atoms with E-state index in [0.717, 1.165) is 12.8 Å². The number of likely N-dealkylation sites (N-methyl/N-ethyl adjacent to an activating group) is 1. The molecule has 0 saturated carbocycles. The highest BCUT2D eigenvalue weighted by molar-refractivity contribution is 7.89. The number of aliphatic carboxylic acids is 1. The number of anilines is 1. The number of rotatable bonds is 8. The lowest BCUT2D eigenvalue weighted by Crippen LogP contribution is -2.32. The first-order valence-corrected chi connectivity index (χ1v) is 9.53. The molecular formula is C16H23N3O5S. The number of sulfonamides is 1. The highest BCUT2D eigenvalue weighted by Crippen LogP contribution is 2.23. The molecule has 1 aromatic rings. The van der Waals surface area contributed by atoms with Crippen molar-refractivity contribution in [1.82, 2.24) is 9.21 Å². The number of amides is 1. The average molecular weight is 369 g/mol. The Bertz CT molecular complexity index is 729. The number of carboxylic acids is 1. The van der Waals surface area contributed by atoms with Crippen molar-refractivity contribution in [3.8, 4) is 0 Å². The van der Waals surface area contributed by atoms with Crippen molar-refractivity contribution >= 4 is 27.6 Å². The molecule has 1 aliphatic rings. The Hall–Kier alpha value is -1.97. The van der Waals surface area contributed by atoms with Gasteiger partial charge in [-0.05, 0) is 38.1 Å².